The van der Waals surface area contributed by atoms with Crippen LogP contribution in [0.2, 0.25) is 0 Å². The van der Waals surface area contributed by atoms with Crippen LogP contribution in [0.1, 0.15) is 53.4 Å². The lowest BCUT2D eigenvalue weighted by Crippen LogP contribution is -2.35. The van der Waals surface area contributed by atoms with Crippen LogP contribution < -0.4 is 10.6 Å². The van der Waals surface area contributed by atoms with Gasteiger partial charge in [-0.05, 0) is 54.8 Å². The van der Waals surface area contributed by atoms with Crippen LogP contribution in [0.15, 0.2) is 54.9 Å². The molecule has 0 bridgehead atoms. The third-order valence-corrected chi connectivity index (χ3v) is 8.21. The second-order valence-electron chi connectivity index (χ2n) is 11.3. The first-order valence-corrected chi connectivity index (χ1v) is 14.2. The topological polar surface area (TPSA) is 95.0 Å². The molecule has 0 spiro atoms. The largest absolute Gasteiger partial charge is 0.416 e. The first-order chi connectivity index (χ1) is 21.3. The first kappa shape index (κ1) is 30.9. The molecule has 0 saturated carbocycles. The molecule has 0 aliphatic carbocycles. The molecule has 1 saturated heterocycles. The number of aromatic nitrogens is 5. The van der Waals surface area contributed by atoms with Crippen molar-refractivity contribution in [1.29, 1.82) is 0 Å². The van der Waals surface area contributed by atoms with Crippen molar-refractivity contribution in [3.8, 4) is 11.5 Å². The van der Waals surface area contributed by atoms with E-state index in [1.807, 2.05) is 9.47 Å². The number of nitrogens with zero attached hydrogens (tertiary/aromatic N) is 6. The molecule has 6 rings (SSSR count). The molecule has 4 atom stereocenters. The number of benzene rings is 2. The summed E-state index contributed by atoms with van der Waals surface area (Å²) in [5.74, 6) is 0.635. The summed E-state index contributed by atoms with van der Waals surface area (Å²) in [5, 5.41) is 8.60. The first-order valence-electron chi connectivity index (χ1n) is 14.2. The van der Waals surface area contributed by atoms with Gasteiger partial charge in [0, 0.05) is 38.0 Å². The molecule has 1 fully saturated rings. The molecule has 238 valence electrons. The van der Waals surface area contributed by atoms with Gasteiger partial charge in [0.15, 0.2) is 5.82 Å². The zero-order chi connectivity index (χ0) is 32.1. The highest BCUT2D eigenvalue weighted by atomic mass is 19.4. The van der Waals surface area contributed by atoms with Gasteiger partial charge in [0.05, 0.1) is 35.7 Å². The van der Waals surface area contributed by atoms with Crippen LogP contribution in [0.3, 0.4) is 0 Å². The minimum atomic E-state index is -4.99. The number of anilines is 1. The van der Waals surface area contributed by atoms with Gasteiger partial charge in [-0.1, -0.05) is 12.1 Å². The normalized spacial score (nSPS) is 21.2. The van der Waals surface area contributed by atoms with Gasteiger partial charge in [-0.3, -0.25) is 0 Å². The van der Waals surface area contributed by atoms with E-state index in [9.17, 15) is 30.7 Å². The Morgan fingerprint density at radius 3 is 2.18 bits per heavy atom. The van der Waals surface area contributed by atoms with Crippen molar-refractivity contribution in [2.45, 2.75) is 62.8 Å². The van der Waals surface area contributed by atoms with E-state index >= 15 is 0 Å². The van der Waals surface area contributed by atoms with E-state index in [1.165, 1.54) is 19.1 Å². The SMILES string of the molecule is C[C@@H](O[C@H]1Cc2nnc(-c3cnc(N4CC[C@@H](N)C4)cn3)n2C[C@@H]1c1ccc(F)cc1)c1cc(C(F)(F)F)cc(C(F)(F)F)c1. The lowest BCUT2D eigenvalue weighted by molar-refractivity contribution is -0.143. The maximum atomic E-state index is 13.8. The number of ether oxygens (including phenoxy) is 1. The van der Waals surface area contributed by atoms with Gasteiger partial charge in [-0.25, -0.2) is 14.4 Å². The molecule has 2 N–H and O–H groups in total. The number of alkyl halides is 6. The van der Waals surface area contributed by atoms with E-state index in [-0.39, 0.29) is 30.6 Å². The van der Waals surface area contributed by atoms with E-state index in [1.54, 1.807) is 24.5 Å². The van der Waals surface area contributed by atoms with Crippen LogP contribution in [-0.4, -0.2) is 50.0 Å². The van der Waals surface area contributed by atoms with Crippen molar-refractivity contribution in [3.63, 3.8) is 0 Å². The summed E-state index contributed by atoms with van der Waals surface area (Å²) in [6.45, 7) is 3.06. The summed E-state index contributed by atoms with van der Waals surface area (Å²) in [4.78, 5) is 11.1. The van der Waals surface area contributed by atoms with Crippen LogP contribution in [0.5, 0.6) is 0 Å². The summed E-state index contributed by atoms with van der Waals surface area (Å²) in [7, 11) is 0. The van der Waals surface area contributed by atoms with E-state index in [4.69, 9.17) is 10.5 Å². The van der Waals surface area contributed by atoms with Crippen molar-refractivity contribution >= 4 is 5.82 Å². The summed E-state index contributed by atoms with van der Waals surface area (Å²) in [6, 6.07) is 7.15. The monoisotopic (exact) mass is 635 g/mol. The molecule has 2 aliphatic rings. The molecule has 4 heterocycles. The Hall–Kier alpha value is -4.11. The molecule has 2 aromatic heterocycles. The summed E-state index contributed by atoms with van der Waals surface area (Å²) >= 11 is 0. The second kappa shape index (κ2) is 11.7. The van der Waals surface area contributed by atoms with Gasteiger partial charge in [0.25, 0.3) is 0 Å². The van der Waals surface area contributed by atoms with Gasteiger partial charge in [-0.15, -0.1) is 10.2 Å². The maximum Gasteiger partial charge on any atom is 0.416 e. The van der Waals surface area contributed by atoms with E-state index in [0.29, 0.717) is 47.4 Å². The number of fused-ring (bicyclic) bond motifs is 1. The maximum absolute atomic E-state index is 13.8. The predicted molar refractivity (Wildman–Crippen MR) is 148 cm³/mol. The summed E-state index contributed by atoms with van der Waals surface area (Å²) in [6.07, 6.45) is -7.70. The number of hydrogen-bond donors (Lipinski definition) is 1. The Morgan fingerprint density at radius 2 is 1.60 bits per heavy atom. The molecule has 45 heavy (non-hydrogen) atoms. The Morgan fingerprint density at radius 1 is 0.911 bits per heavy atom. The Labute approximate surface area is 253 Å². The molecular formula is C30H28F7N7O. The molecule has 8 nitrogen and oxygen atoms in total. The highest BCUT2D eigenvalue weighted by Gasteiger charge is 2.39. The number of hydrogen-bond acceptors (Lipinski definition) is 7. The zero-order valence-corrected chi connectivity index (χ0v) is 23.9. The van der Waals surface area contributed by atoms with Crippen molar-refractivity contribution in [3.05, 3.63) is 88.8 Å². The fraction of sp³-hybridized carbons (Fsp3) is 0.400. The molecular weight excluding hydrogens is 607 g/mol. The lowest BCUT2D eigenvalue weighted by atomic mass is 9.88. The van der Waals surface area contributed by atoms with E-state index in [2.05, 4.69) is 20.2 Å². The average Bonchev–Trinajstić information content (AvgIpc) is 3.62. The molecule has 15 heteroatoms. The molecule has 4 aromatic rings. The highest BCUT2D eigenvalue weighted by molar-refractivity contribution is 5.51. The standard InChI is InChI=1S/C30H28F7N7O/c1-16(18-8-19(29(32,33)34)10-20(9-18)30(35,36)37)45-25-11-26-41-42-28(44(26)15-23(25)17-2-4-21(31)5-3-17)24-12-40-27(13-39-24)43-7-6-22(38)14-43/h2-5,8-10,12-13,16,22-23,25H,6-7,11,14-15,38H2,1H3/t16-,22-,23-,25+/m1/s1. The minimum absolute atomic E-state index is 0.0662. The highest BCUT2D eigenvalue weighted by Crippen LogP contribution is 2.40. The van der Waals surface area contributed by atoms with Gasteiger partial charge in [0.1, 0.15) is 23.2 Å². The van der Waals surface area contributed by atoms with Crippen LogP contribution >= 0.6 is 0 Å². The van der Waals surface area contributed by atoms with Gasteiger partial charge < -0.3 is 19.9 Å². The minimum Gasteiger partial charge on any atom is -0.369 e. The van der Waals surface area contributed by atoms with Crippen LogP contribution in [0.25, 0.3) is 11.5 Å². The number of rotatable bonds is 6. The number of nitrogens with two attached hydrogens (primary N) is 1. The third kappa shape index (κ3) is 6.50. The molecule has 0 unspecified atom stereocenters. The van der Waals surface area contributed by atoms with Crippen molar-refractivity contribution in [2.24, 2.45) is 5.73 Å². The van der Waals surface area contributed by atoms with Gasteiger partial charge in [0.2, 0.25) is 0 Å². The van der Waals surface area contributed by atoms with E-state index < -0.39 is 47.4 Å². The fourth-order valence-electron chi connectivity index (χ4n) is 5.83. The average molecular weight is 636 g/mol. The fourth-order valence-corrected chi connectivity index (χ4v) is 5.83. The molecule has 0 radical (unpaired) electrons. The predicted octanol–water partition coefficient (Wildman–Crippen LogP) is 5.94. The third-order valence-electron chi connectivity index (χ3n) is 8.21. The summed E-state index contributed by atoms with van der Waals surface area (Å²) < 4.78 is 103. The van der Waals surface area contributed by atoms with Crippen molar-refractivity contribution in [2.75, 3.05) is 18.0 Å². The molecule has 2 aromatic carbocycles. The van der Waals surface area contributed by atoms with Crippen LogP contribution in [-0.2, 0) is 30.1 Å². The molecule has 2 aliphatic heterocycles. The smallest absolute Gasteiger partial charge is 0.369 e. The lowest BCUT2D eigenvalue weighted by Gasteiger charge is -2.35. The Bertz CT molecular complexity index is 1620. The Balaban J connectivity index is 1.31. The summed E-state index contributed by atoms with van der Waals surface area (Å²) in [5.41, 5.74) is 3.98. The van der Waals surface area contributed by atoms with Crippen LogP contribution in [0, 0.1) is 5.82 Å². The van der Waals surface area contributed by atoms with Crippen molar-refractivity contribution < 1.29 is 35.5 Å². The van der Waals surface area contributed by atoms with Gasteiger partial charge in [-0.2, -0.15) is 26.3 Å². The van der Waals surface area contributed by atoms with Crippen LogP contribution in [0.4, 0.5) is 36.6 Å². The van der Waals surface area contributed by atoms with E-state index in [0.717, 1.165) is 13.0 Å². The second-order valence-corrected chi connectivity index (χ2v) is 11.3. The van der Waals surface area contributed by atoms with Crippen molar-refractivity contribution in [1.82, 2.24) is 24.7 Å². The Kier molecular flexibility index (Phi) is 8.01. The zero-order valence-electron chi connectivity index (χ0n) is 23.9. The number of halogens is 7. The quantitative estimate of drug-likeness (QED) is 0.262. The molecule has 0 amide bonds. The van der Waals surface area contributed by atoms with Gasteiger partial charge >= 0.3 is 12.4 Å².